The van der Waals surface area contributed by atoms with Gasteiger partial charge in [-0.3, -0.25) is 14.3 Å². The Hall–Kier alpha value is -2.85. The molecule has 1 unspecified atom stereocenters. The van der Waals surface area contributed by atoms with Crippen molar-refractivity contribution in [3.05, 3.63) is 71.5 Å². The molecule has 0 amide bonds. The van der Waals surface area contributed by atoms with Crippen LogP contribution in [0.4, 0.5) is 0 Å². The molecule has 1 aliphatic rings. The van der Waals surface area contributed by atoms with Crippen molar-refractivity contribution < 1.29 is 4.79 Å². The number of H-pyrrole nitrogens is 1. The summed E-state index contributed by atoms with van der Waals surface area (Å²) in [5, 5.41) is 2.54. The van der Waals surface area contributed by atoms with Crippen LogP contribution in [-0.2, 0) is 13.0 Å². The van der Waals surface area contributed by atoms with Crippen molar-refractivity contribution in [1.29, 1.82) is 0 Å². The minimum absolute atomic E-state index is 0.0611. The van der Waals surface area contributed by atoms with Gasteiger partial charge in [-0.15, -0.1) is 0 Å². The molecule has 0 bridgehead atoms. The minimum atomic E-state index is 0.0611. The lowest BCUT2D eigenvalue weighted by Crippen LogP contribution is -2.34. The number of carbonyl (C=O) groups is 1. The maximum Gasteiger partial charge on any atom is 0.227 e. The highest BCUT2D eigenvalue weighted by Crippen LogP contribution is 2.37. The van der Waals surface area contributed by atoms with Gasteiger partial charge >= 0.3 is 0 Å². The van der Waals surface area contributed by atoms with Crippen molar-refractivity contribution in [1.82, 2.24) is 14.5 Å². The van der Waals surface area contributed by atoms with E-state index in [-0.39, 0.29) is 5.91 Å². The lowest BCUT2D eigenvalue weighted by molar-refractivity contribution is 0.0941. The van der Waals surface area contributed by atoms with Crippen LogP contribution in [0, 0.1) is 0 Å². The number of para-hydroxylation sites is 2. The van der Waals surface area contributed by atoms with E-state index < -0.39 is 0 Å². The molecule has 0 spiro atoms. The van der Waals surface area contributed by atoms with Gasteiger partial charge in [0.2, 0.25) is 5.91 Å². The number of aromatic amines is 1. The van der Waals surface area contributed by atoms with Crippen LogP contribution < -0.4 is 0 Å². The summed E-state index contributed by atoms with van der Waals surface area (Å²) < 4.78 is 1.78. The SMILES string of the molecule is CCC1c2[nH]c3ccccc3c2CCN1Cc1cn(C(C)=O)c2ccccc12. The lowest BCUT2D eigenvalue weighted by atomic mass is 9.95. The maximum absolute atomic E-state index is 12.1. The molecule has 0 fully saturated rings. The zero-order valence-electron chi connectivity index (χ0n) is 16.4. The molecule has 4 aromatic rings. The first-order valence-electron chi connectivity index (χ1n) is 10.1. The van der Waals surface area contributed by atoms with Crippen LogP contribution in [-0.4, -0.2) is 26.9 Å². The minimum Gasteiger partial charge on any atom is -0.357 e. The highest BCUT2D eigenvalue weighted by atomic mass is 16.1. The van der Waals surface area contributed by atoms with E-state index in [2.05, 4.69) is 53.2 Å². The second-order valence-corrected chi connectivity index (χ2v) is 7.77. The van der Waals surface area contributed by atoms with Crippen LogP contribution in [0.2, 0.25) is 0 Å². The van der Waals surface area contributed by atoms with E-state index in [1.54, 1.807) is 11.5 Å². The second kappa shape index (κ2) is 6.64. The Morgan fingerprint density at radius 1 is 1.11 bits per heavy atom. The average Bonchev–Trinajstić information content (AvgIpc) is 3.27. The van der Waals surface area contributed by atoms with Crippen molar-refractivity contribution in [3.8, 4) is 0 Å². The fraction of sp³-hybridized carbons (Fsp3) is 0.292. The predicted octanol–water partition coefficient (Wildman–Crippen LogP) is 5.29. The molecule has 28 heavy (non-hydrogen) atoms. The fourth-order valence-corrected chi connectivity index (χ4v) is 4.88. The molecule has 2 aromatic carbocycles. The van der Waals surface area contributed by atoms with Gasteiger partial charge in [-0.1, -0.05) is 43.3 Å². The molecular weight excluding hydrogens is 346 g/mol. The third-order valence-corrected chi connectivity index (χ3v) is 6.16. The Morgan fingerprint density at radius 3 is 2.64 bits per heavy atom. The van der Waals surface area contributed by atoms with Crippen LogP contribution in [0.1, 0.15) is 47.9 Å². The largest absolute Gasteiger partial charge is 0.357 e. The van der Waals surface area contributed by atoms with Gasteiger partial charge in [0.15, 0.2) is 0 Å². The van der Waals surface area contributed by atoms with Crippen LogP contribution in [0.3, 0.4) is 0 Å². The first kappa shape index (κ1) is 17.3. The van der Waals surface area contributed by atoms with Gasteiger partial charge in [0.25, 0.3) is 0 Å². The molecule has 3 heterocycles. The Kier molecular flexibility index (Phi) is 4.09. The number of hydrogen-bond donors (Lipinski definition) is 1. The van der Waals surface area contributed by atoms with Crippen molar-refractivity contribution in [2.75, 3.05) is 6.54 Å². The molecule has 142 valence electrons. The zero-order chi connectivity index (χ0) is 19.3. The van der Waals surface area contributed by atoms with Crippen LogP contribution in [0.5, 0.6) is 0 Å². The van der Waals surface area contributed by atoms with Crippen LogP contribution in [0.15, 0.2) is 54.7 Å². The maximum atomic E-state index is 12.1. The van der Waals surface area contributed by atoms with E-state index in [9.17, 15) is 4.79 Å². The van der Waals surface area contributed by atoms with E-state index in [0.717, 1.165) is 31.4 Å². The van der Waals surface area contributed by atoms with Crippen molar-refractivity contribution in [2.45, 2.75) is 39.3 Å². The summed E-state index contributed by atoms with van der Waals surface area (Å²) in [7, 11) is 0. The van der Waals surface area contributed by atoms with Crippen molar-refractivity contribution >= 4 is 27.7 Å². The predicted molar refractivity (Wildman–Crippen MR) is 114 cm³/mol. The summed E-state index contributed by atoms with van der Waals surface area (Å²) in [5.74, 6) is 0.0611. The van der Waals surface area contributed by atoms with E-state index in [1.165, 1.54) is 33.1 Å². The van der Waals surface area contributed by atoms with Crippen LogP contribution >= 0.6 is 0 Å². The van der Waals surface area contributed by atoms with Crippen LogP contribution in [0.25, 0.3) is 21.8 Å². The van der Waals surface area contributed by atoms with Gasteiger partial charge < -0.3 is 4.98 Å². The Bertz CT molecular complexity index is 1180. The molecule has 1 atom stereocenters. The number of fused-ring (bicyclic) bond motifs is 4. The molecule has 0 radical (unpaired) electrons. The van der Waals surface area contributed by atoms with E-state index in [4.69, 9.17) is 0 Å². The molecule has 1 aliphatic heterocycles. The van der Waals surface area contributed by atoms with E-state index in [1.807, 2.05) is 18.3 Å². The number of rotatable bonds is 3. The smallest absolute Gasteiger partial charge is 0.227 e. The summed E-state index contributed by atoms with van der Waals surface area (Å²) in [6.07, 6.45) is 4.15. The number of nitrogens with zero attached hydrogens (tertiary/aromatic N) is 2. The summed E-state index contributed by atoms with van der Waals surface area (Å²) in [6.45, 7) is 5.78. The number of benzene rings is 2. The number of aromatic nitrogens is 2. The Labute approximate surface area is 164 Å². The van der Waals surface area contributed by atoms with Gasteiger partial charge in [0.1, 0.15) is 0 Å². The van der Waals surface area contributed by atoms with Gasteiger partial charge in [-0.2, -0.15) is 0 Å². The topological polar surface area (TPSA) is 41.0 Å². The molecule has 0 saturated carbocycles. The number of carbonyl (C=O) groups excluding carboxylic acids is 1. The standard InChI is InChI=1S/C24H25N3O/c1-3-22-24-20(19-9-4-6-10-21(19)25-24)12-13-26(22)14-17-15-27(16(2)28)23-11-7-5-8-18(17)23/h4-11,15,22,25H,3,12-14H2,1-2H3. The van der Waals surface area contributed by atoms with E-state index in [0.29, 0.717) is 6.04 Å². The molecule has 4 heteroatoms. The average molecular weight is 371 g/mol. The van der Waals surface area contributed by atoms with Gasteiger partial charge in [-0.05, 0) is 36.1 Å². The third kappa shape index (κ3) is 2.60. The molecule has 0 saturated heterocycles. The molecule has 5 rings (SSSR count). The zero-order valence-corrected chi connectivity index (χ0v) is 16.4. The summed E-state index contributed by atoms with van der Waals surface area (Å²) in [4.78, 5) is 18.3. The third-order valence-electron chi connectivity index (χ3n) is 6.16. The normalized spacial score (nSPS) is 17.3. The highest BCUT2D eigenvalue weighted by Gasteiger charge is 2.29. The Balaban J connectivity index is 1.54. The molecule has 1 N–H and O–H groups in total. The number of nitrogens with one attached hydrogen (secondary N) is 1. The first-order chi connectivity index (χ1) is 13.7. The first-order valence-corrected chi connectivity index (χ1v) is 10.1. The molecule has 2 aromatic heterocycles. The van der Waals surface area contributed by atoms with Gasteiger partial charge in [0.05, 0.1) is 11.6 Å². The second-order valence-electron chi connectivity index (χ2n) is 7.77. The monoisotopic (exact) mass is 371 g/mol. The van der Waals surface area contributed by atoms with Gasteiger partial charge in [0, 0.05) is 48.2 Å². The lowest BCUT2D eigenvalue weighted by Gasteiger charge is -2.35. The molecular formula is C24H25N3O. The molecule has 4 nitrogen and oxygen atoms in total. The van der Waals surface area contributed by atoms with Crippen molar-refractivity contribution in [3.63, 3.8) is 0 Å². The summed E-state index contributed by atoms with van der Waals surface area (Å²) in [5.41, 5.74) is 6.31. The fourth-order valence-electron chi connectivity index (χ4n) is 4.88. The molecule has 0 aliphatic carbocycles. The van der Waals surface area contributed by atoms with E-state index >= 15 is 0 Å². The van der Waals surface area contributed by atoms with Crippen molar-refractivity contribution in [2.24, 2.45) is 0 Å². The summed E-state index contributed by atoms with van der Waals surface area (Å²) in [6, 6.07) is 17.2. The Morgan fingerprint density at radius 2 is 1.86 bits per heavy atom. The quantitative estimate of drug-likeness (QED) is 0.531. The van der Waals surface area contributed by atoms with Gasteiger partial charge in [-0.25, -0.2) is 0 Å². The number of hydrogen-bond acceptors (Lipinski definition) is 2. The highest BCUT2D eigenvalue weighted by molar-refractivity contribution is 5.93. The summed E-state index contributed by atoms with van der Waals surface area (Å²) >= 11 is 0.